The van der Waals surface area contributed by atoms with Gasteiger partial charge in [-0.3, -0.25) is 4.57 Å². The van der Waals surface area contributed by atoms with Crippen LogP contribution in [0.15, 0.2) is 29.2 Å². The zero-order chi connectivity index (χ0) is 19.8. The molecule has 2 aliphatic heterocycles. The summed E-state index contributed by atoms with van der Waals surface area (Å²) in [4.78, 5) is 17.0. The minimum atomic E-state index is -0.214. The highest BCUT2D eigenvalue weighted by Crippen LogP contribution is 2.42. The van der Waals surface area contributed by atoms with Gasteiger partial charge in [-0.2, -0.15) is 4.98 Å². The van der Waals surface area contributed by atoms with E-state index in [-0.39, 0.29) is 11.7 Å². The van der Waals surface area contributed by atoms with Crippen LogP contribution >= 0.6 is 0 Å². The molecule has 0 bridgehead atoms. The van der Waals surface area contributed by atoms with Crippen molar-refractivity contribution in [2.75, 3.05) is 25.0 Å². The van der Waals surface area contributed by atoms with E-state index in [1.54, 1.807) is 4.57 Å². The first kappa shape index (κ1) is 18.6. The molecule has 1 saturated carbocycles. The van der Waals surface area contributed by atoms with Crippen LogP contribution in [0.5, 0.6) is 11.5 Å². The number of nitrogens with two attached hydrogens (primary N) is 1. The fourth-order valence-corrected chi connectivity index (χ4v) is 4.93. The van der Waals surface area contributed by atoms with Crippen molar-refractivity contribution < 1.29 is 4.74 Å². The average Bonchev–Trinajstić information content (AvgIpc) is 2.78. The molecule has 0 amide bonds. The Hall–Kier alpha value is -2.38. The number of fused-ring (bicyclic) bond motifs is 2. The Labute approximate surface area is 170 Å². The molecule has 1 aliphatic carbocycles. The van der Waals surface area contributed by atoms with E-state index in [1.165, 1.54) is 5.56 Å². The summed E-state index contributed by atoms with van der Waals surface area (Å²) in [5.74, 6) is 3.05. The van der Waals surface area contributed by atoms with Crippen molar-refractivity contribution in [3.8, 4) is 11.5 Å². The van der Waals surface area contributed by atoms with E-state index >= 15 is 0 Å². The number of piperidine rings is 1. The van der Waals surface area contributed by atoms with E-state index in [4.69, 9.17) is 10.5 Å². The van der Waals surface area contributed by atoms with Gasteiger partial charge in [0.2, 0.25) is 0 Å². The number of hydrogen-bond acceptors (Lipinski definition) is 6. The zero-order valence-corrected chi connectivity index (χ0v) is 16.7. The van der Waals surface area contributed by atoms with Gasteiger partial charge in [0.05, 0.1) is 11.9 Å². The summed E-state index contributed by atoms with van der Waals surface area (Å²) in [6.07, 6.45) is 8.17. The number of anilines is 2. The summed E-state index contributed by atoms with van der Waals surface area (Å²) in [6, 6.07) is 6.52. The van der Waals surface area contributed by atoms with Crippen molar-refractivity contribution in [3.05, 3.63) is 40.4 Å². The van der Waals surface area contributed by atoms with E-state index in [2.05, 4.69) is 27.8 Å². The van der Waals surface area contributed by atoms with Crippen LogP contribution < -0.4 is 26.8 Å². The minimum absolute atomic E-state index is 0.176. The fourth-order valence-electron chi connectivity index (χ4n) is 4.93. The van der Waals surface area contributed by atoms with E-state index < -0.39 is 0 Å². The molecule has 154 valence electrons. The largest absolute Gasteiger partial charge is 0.450 e. The highest BCUT2D eigenvalue weighted by Gasteiger charge is 2.26. The molecule has 1 aromatic carbocycles. The maximum atomic E-state index is 12.7. The van der Waals surface area contributed by atoms with E-state index in [9.17, 15) is 4.79 Å². The number of ether oxygens (including phenoxy) is 1. The number of nitrogens with zero attached hydrogens (tertiary/aromatic N) is 2. The second-order valence-corrected chi connectivity index (χ2v) is 8.56. The average molecular weight is 396 g/mol. The standard InChI is InChI=1S/C22H29N5O2/c23-12-14-1-4-17(5-2-14)27-13-20-21(26-22(27)28)25-18-11-16(3-6-19(18)29-20)15-7-9-24-10-8-15/h3,6,11,13-15,17,24H,1-2,4-5,7-10,12,23H2,(H,25,26,28)/t14-,17-. The molecule has 3 heterocycles. The molecule has 0 spiro atoms. The second-order valence-electron chi connectivity index (χ2n) is 8.56. The van der Waals surface area contributed by atoms with Gasteiger partial charge in [-0.15, -0.1) is 0 Å². The molecular formula is C22H29N5O2. The Morgan fingerprint density at radius 2 is 1.90 bits per heavy atom. The van der Waals surface area contributed by atoms with Gasteiger partial charge in [0.15, 0.2) is 17.3 Å². The van der Waals surface area contributed by atoms with Crippen LogP contribution in [-0.4, -0.2) is 29.2 Å². The van der Waals surface area contributed by atoms with Gasteiger partial charge >= 0.3 is 5.69 Å². The van der Waals surface area contributed by atoms with Crippen LogP contribution in [-0.2, 0) is 0 Å². The normalized spacial score (nSPS) is 24.2. The van der Waals surface area contributed by atoms with Crippen molar-refractivity contribution in [1.29, 1.82) is 0 Å². The van der Waals surface area contributed by atoms with Gasteiger partial charge in [0, 0.05) is 6.04 Å². The Morgan fingerprint density at radius 1 is 1.10 bits per heavy atom. The molecule has 7 nitrogen and oxygen atoms in total. The highest BCUT2D eigenvalue weighted by atomic mass is 16.5. The Balaban J connectivity index is 1.38. The number of rotatable bonds is 3. The number of nitrogens with one attached hydrogen (secondary N) is 2. The molecule has 1 aromatic heterocycles. The topological polar surface area (TPSA) is 94.2 Å². The monoisotopic (exact) mass is 395 g/mol. The number of hydrogen-bond donors (Lipinski definition) is 3. The Kier molecular flexibility index (Phi) is 5.01. The van der Waals surface area contributed by atoms with Crippen LogP contribution in [0.4, 0.5) is 11.5 Å². The van der Waals surface area contributed by atoms with Crippen LogP contribution in [0.3, 0.4) is 0 Å². The summed E-state index contributed by atoms with van der Waals surface area (Å²) < 4.78 is 7.88. The minimum Gasteiger partial charge on any atom is -0.450 e. The van der Waals surface area contributed by atoms with E-state index in [1.807, 2.05) is 12.3 Å². The lowest BCUT2D eigenvalue weighted by molar-refractivity contribution is 0.271. The van der Waals surface area contributed by atoms with Crippen LogP contribution in [0.2, 0.25) is 0 Å². The van der Waals surface area contributed by atoms with Crippen LogP contribution in [0.25, 0.3) is 0 Å². The molecule has 0 radical (unpaired) electrons. The lowest BCUT2D eigenvalue weighted by atomic mass is 9.86. The first-order chi connectivity index (χ1) is 14.2. The quantitative estimate of drug-likeness (QED) is 0.630. The predicted molar refractivity (Wildman–Crippen MR) is 113 cm³/mol. The lowest BCUT2D eigenvalue weighted by Crippen LogP contribution is -2.31. The third-order valence-electron chi connectivity index (χ3n) is 6.75. The summed E-state index contributed by atoms with van der Waals surface area (Å²) in [7, 11) is 0. The molecule has 2 fully saturated rings. The van der Waals surface area contributed by atoms with Gasteiger partial charge in [-0.05, 0) is 87.7 Å². The van der Waals surface area contributed by atoms with E-state index in [0.29, 0.717) is 23.4 Å². The van der Waals surface area contributed by atoms with Crippen molar-refractivity contribution >= 4 is 11.5 Å². The van der Waals surface area contributed by atoms with Gasteiger partial charge in [0.1, 0.15) is 0 Å². The molecule has 0 atom stereocenters. The summed E-state index contributed by atoms with van der Waals surface area (Å²) in [6.45, 7) is 2.85. The summed E-state index contributed by atoms with van der Waals surface area (Å²) in [5.41, 5.74) is 7.79. The molecule has 29 heavy (non-hydrogen) atoms. The van der Waals surface area contributed by atoms with Gasteiger partial charge in [-0.1, -0.05) is 6.07 Å². The van der Waals surface area contributed by atoms with Crippen molar-refractivity contribution in [1.82, 2.24) is 14.9 Å². The highest BCUT2D eigenvalue weighted by molar-refractivity contribution is 5.73. The van der Waals surface area contributed by atoms with Crippen molar-refractivity contribution in [2.45, 2.75) is 50.5 Å². The van der Waals surface area contributed by atoms with E-state index in [0.717, 1.165) is 69.6 Å². The number of aromatic nitrogens is 2. The van der Waals surface area contributed by atoms with Crippen molar-refractivity contribution in [2.24, 2.45) is 11.7 Å². The molecule has 1 saturated heterocycles. The lowest BCUT2D eigenvalue weighted by Gasteiger charge is -2.30. The molecule has 5 rings (SSSR count). The summed E-state index contributed by atoms with van der Waals surface area (Å²) >= 11 is 0. The Morgan fingerprint density at radius 3 is 2.66 bits per heavy atom. The second kappa shape index (κ2) is 7.80. The van der Waals surface area contributed by atoms with Gasteiger partial charge < -0.3 is 21.1 Å². The maximum absolute atomic E-state index is 12.7. The van der Waals surface area contributed by atoms with Crippen LogP contribution in [0.1, 0.15) is 56.0 Å². The van der Waals surface area contributed by atoms with Gasteiger partial charge in [-0.25, -0.2) is 4.79 Å². The molecule has 7 heteroatoms. The van der Waals surface area contributed by atoms with Crippen LogP contribution in [0, 0.1) is 5.92 Å². The molecule has 3 aliphatic rings. The Bertz CT molecular complexity index is 943. The van der Waals surface area contributed by atoms with Gasteiger partial charge in [0.25, 0.3) is 0 Å². The third-order valence-corrected chi connectivity index (χ3v) is 6.75. The fraction of sp³-hybridized carbons (Fsp3) is 0.545. The summed E-state index contributed by atoms with van der Waals surface area (Å²) in [5, 5.41) is 6.74. The molecule has 4 N–H and O–H groups in total. The molecule has 2 aromatic rings. The smallest absolute Gasteiger partial charge is 0.350 e. The van der Waals surface area contributed by atoms with Crippen molar-refractivity contribution in [3.63, 3.8) is 0 Å². The first-order valence-corrected chi connectivity index (χ1v) is 10.8. The third kappa shape index (κ3) is 3.65. The predicted octanol–water partition coefficient (Wildman–Crippen LogP) is 3.25. The number of benzene rings is 1. The maximum Gasteiger partial charge on any atom is 0.350 e. The molecular weight excluding hydrogens is 366 g/mol. The zero-order valence-electron chi connectivity index (χ0n) is 16.7. The first-order valence-electron chi connectivity index (χ1n) is 10.8. The molecule has 0 unspecified atom stereocenters. The SMILES string of the molecule is NC[C@H]1CC[C@H](n2cc3c(nc2=O)Nc2cc(C4CCNCC4)ccc2O3)CC1.